The molecule has 0 saturated heterocycles. The van der Waals surface area contributed by atoms with E-state index >= 15 is 0 Å². The molecule has 130 valence electrons. The lowest BCUT2D eigenvalue weighted by Crippen LogP contribution is -2.26. The Morgan fingerprint density at radius 2 is 2.28 bits per heavy atom. The molecule has 1 aromatic carbocycles. The van der Waals surface area contributed by atoms with Crippen molar-refractivity contribution in [1.29, 1.82) is 0 Å². The Hall–Kier alpha value is -3.43. The molecule has 1 aliphatic rings. The van der Waals surface area contributed by atoms with Crippen LogP contribution in [0.15, 0.2) is 45.7 Å². The van der Waals surface area contributed by atoms with Crippen LogP contribution in [0.4, 0.5) is 4.39 Å². The van der Waals surface area contributed by atoms with Gasteiger partial charge in [0, 0.05) is 0 Å². The highest BCUT2D eigenvalue weighted by Gasteiger charge is 2.23. The number of benzene rings is 1. The minimum atomic E-state index is -2.91. The van der Waals surface area contributed by atoms with Gasteiger partial charge in [0.1, 0.15) is 19.4 Å². The van der Waals surface area contributed by atoms with E-state index in [1.54, 1.807) is 6.07 Å². The molecule has 25 heavy (non-hydrogen) atoms. The minimum absolute atomic E-state index is 0.0549. The zero-order chi connectivity index (χ0) is 21.2. The van der Waals surface area contributed by atoms with Gasteiger partial charge in [0.2, 0.25) is 5.82 Å². The average molecular weight is 352 g/mol. The lowest BCUT2D eigenvalue weighted by Gasteiger charge is -2.16. The number of H-pyrrole nitrogens is 1. The summed E-state index contributed by atoms with van der Waals surface area (Å²) >= 11 is 0. The van der Waals surface area contributed by atoms with Crippen molar-refractivity contribution < 1.29 is 29.0 Å². The van der Waals surface area contributed by atoms with Gasteiger partial charge in [-0.3, -0.25) is 4.79 Å². The highest BCUT2D eigenvalue weighted by molar-refractivity contribution is 6.45. The van der Waals surface area contributed by atoms with Gasteiger partial charge in [-0.25, -0.2) is 4.98 Å². The molecule has 1 N–H and O–H groups in total. The quantitative estimate of drug-likeness (QED) is 0.644. The van der Waals surface area contributed by atoms with Gasteiger partial charge < -0.3 is 24.1 Å². The molecule has 2 aromatic rings. The molecule has 2 heterocycles. The zero-order valence-corrected chi connectivity index (χ0v) is 12.6. The van der Waals surface area contributed by atoms with E-state index in [9.17, 15) is 9.18 Å². The Morgan fingerprint density at radius 1 is 1.44 bits per heavy atom. The van der Waals surface area contributed by atoms with Crippen molar-refractivity contribution in [3.8, 4) is 11.6 Å². The number of nitrogens with one attached hydrogen (secondary N) is 1. The molecule has 0 aliphatic carbocycles. The number of aromatic amines is 1. The summed E-state index contributed by atoms with van der Waals surface area (Å²) in [4.78, 5) is 26.4. The van der Waals surface area contributed by atoms with E-state index in [4.69, 9.17) is 19.8 Å². The summed E-state index contributed by atoms with van der Waals surface area (Å²) in [5.41, 5.74) is -1.20. The van der Waals surface area contributed by atoms with Crippen molar-refractivity contribution in [2.45, 2.75) is 0 Å². The summed E-state index contributed by atoms with van der Waals surface area (Å²) in [5, 5.41) is 7.12. The number of para-hydroxylation sites is 1. The van der Waals surface area contributed by atoms with E-state index in [1.165, 1.54) is 25.3 Å². The van der Waals surface area contributed by atoms with Gasteiger partial charge >= 0.3 is 0 Å². The van der Waals surface area contributed by atoms with E-state index < -0.39 is 36.3 Å². The van der Waals surface area contributed by atoms with Crippen LogP contribution in [-0.2, 0) is 14.4 Å². The molecular formula is C15H13FN4O5. The summed E-state index contributed by atoms with van der Waals surface area (Å²) in [7, 11) is 1.19. The van der Waals surface area contributed by atoms with Crippen molar-refractivity contribution in [3.05, 3.63) is 52.3 Å². The van der Waals surface area contributed by atoms with E-state index in [1.807, 2.05) is 0 Å². The minimum Gasteiger partial charge on any atom is -0.470 e. The average Bonchev–Trinajstić information content (AvgIpc) is 2.66. The molecule has 0 amide bonds. The van der Waals surface area contributed by atoms with Crippen LogP contribution >= 0.6 is 0 Å². The summed E-state index contributed by atoms with van der Waals surface area (Å²) in [6, 6.07) is 5.91. The highest BCUT2D eigenvalue weighted by Crippen LogP contribution is 2.26. The first-order valence-corrected chi connectivity index (χ1v) is 6.73. The van der Waals surface area contributed by atoms with Crippen LogP contribution in [-0.4, -0.2) is 41.8 Å². The molecule has 1 aromatic heterocycles. The first kappa shape index (κ1) is 12.0. The smallest absolute Gasteiger partial charge is 0.290 e. The number of oxime groups is 2. The monoisotopic (exact) mass is 352 g/mol. The van der Waals surface area contributed by atoms with Crippen molar-refractivity contribution in [2.24, 2.45) is 10.3 Å². The summed E-state index contributed by atoms with van der Waals surface area (Å²) in [6.45, 7) is -5.77. The lowest BCUT2D eigenvalue weighted by atomic mass is 10.1. The maximum Gasteiger partial charge on any atom is 0.290 e. The Morgan fingerprint density at radius 3 is 3.08 bits per heavy atom. The molecule has 0 saturated carbocycles. The van der Waals surface area contributed by atoms with Crippen LogP contribution in [0.5, 0.6) is 11.6 Å². The fraction of sp³-hybridized carbons (Fsp3) is 0.200. The fourth-order valence-corrected chi connectivity index (χ4v) is 1.85. The number of nitrogens with zero attached hydrogens (tertiary/aromatic N) is 3. The summed E-state index contributed by atoms with van der Waals surface area (Å²) in [6.07, 6.45) is 0.951. The van der Waals surface area contributed by atoms with Crippen LogP contribution < -0.4 is 10.3 Å². The number of hydrogen-bond donors (Lipinski definition) is 1. The van der Waals surface area contributed by atoms with Crippen molar-refractivity contribution in [2.75, 3.05) is 20.2 Å². The lowest BCUT2D eigenvalue weighted by molar-refractivity contribution is 0.0672. The largest absolute Gasteiger partial charge is 0.470 e. The molecule has 1 aliphatic heterocycles. The number of halogens is 1. The predicted octanol–water partition coefficient (Wildman–Crippen LogP) is 1.41. The van der Waals surface area contributed by atoms with Gasteiger partial charge in [-0.15, -0.1) is 0 Å². The van der Waals surface area contributed by atoms with Gasteiger partial charge in [0.25, 0.3) is 17.3 Å². The maximum absolute atomic E-state index is 14.0. The highest BCUT2D eigenvalue weighted by atomic mass is 19.1. The van der Waals surface area contributed by atoms with Crippen molar-refractivity contribution in [1.82, 2.24) is 9.97 Å². The second-order valence-corrected chi connectivity index (χ2v) is 4.37. The number of ether oxygens (including phenoxy) is 2. The van der Waals surface area contributed by atoms with Crippen LogP contribution in [0.2, 0.25) is 0 Å². The molecule has 0 fully saturated rings. The SMILES string of the molecule is [2H]C1([2H])ON=C(/C(=N/OC)c2ccccc2Oc2nc[nH]c(=O)c2F)OC1([2H])[2H]. The van der Waals surface area contributed by atoms with E-state index in [-0.39, 0.29) is 17.0 Å². The normalized spacial score (nSPS) is 20.6. The van der Waals surface area contributed by atoms with Gasteiger partial charge in [-0.05, 0) is 17.3 Å². The van der Waals surface area contributed by atoms with Gasteiger partial charge in [-0.2, -0.15) is 4.39 Å². The summed E-state index contributed by atoms with van der Waals surface area (Å²) < 4.78 is 54.6. The molecule has 9 nitrogen and oxygen atoms in total. The second-order valence-electron chi connectivity index (χ2n) is 4.37. The first-order valence-electron chi connectivity index (χ1n) is 8.73. The van der Waals surface area contributed by atoms with Crippen LogP contribution in [0, 0.1) is 5.82 Å². The Kier molecular flexibility index (Phi) is 3.57. The van der Waals surface area contributed by atoms with Crippen molar-refractivity contribution >= 4 is 11.6 Å². The molecule has 3 rings (SSSR count). The molecule has 0 bridgehead atoms. The Labute approximate surface area is 146 Å². The Bertz CT molecular complexity index is 1040. The number of hydrogen-bond acceptors (Lipinski definition) is 8. The van der Waals surface area contributed by atoms with Crippen molar-refractivity contribution in [3.63, 3.8) is 0 Å². The number of rotatable bonds is 5. The second kappa shape index (κ2) is 7.43. The third-order valence-corrected chi connectivity index (χ3v) is 2.86. The van der Waals surface area contributed by atoms with Crippen LogP contribution in [0.3, 0.4) is 0 Å². The Balaban J connectivity index is 2.04. The molecule has 10 heteroatoms. The standard InChI is InChI=1S/C15H13FN4O5/c1-22-19-12(15-20-24-7-6-23-15)9-4-2-3-5-10(9)25-14-11(16)13(21)17-8-18-14/h2-5,8H,6-7H2,1H3,(H,17,18,21)/b19-12+/i6D2,7D2. The molecule has 0 radical (unpaired) electrons. The van der Waals surface area contributed by atoms with Gasteiger partial charge in [0.15, 0.2) is 12.3 Å². The van der Waals surface area contributed by atoms with Crippen LogP contribution in [0.25, 0.3) is 0 Å². The zero-order valence-electron chi connectivity index (χ0n) is 16.6. The topological polar surface area (TPSA) is 107 Å². The van der Waals surface area contributed by atoms with E-state index in [0.717, 1.165) is 6.33 Å². The maximum atomic E-state index is 14.0. The van der Waals surface area contributed by atoms with Gasteiger partial charge in [-0.1, -0.05) is 17.3 Å². The third-order valence-electron chi connectivity index (χ3n) is 2.86. The van der Waals surface area contributed by atoms with Crippen LogP contribution in [0.1, 0.15) is 11.0 Å². The van der Waals surface area contributed by atoms with E-state index in [0.29, 0.717) is 0 Å². The fourth-order valence-electron chi connectivity index (χ4n) is 1.85. The molecule has 0 spiro atoms. The molecular weight excluding hydrogens is 335 g/mol. The first-order chi connectivity index (χ1) is 13.7. The summed E-state index contributed by atoms with van der Waals surface area (Å²) in [5.74, 6) is -2.48. The predicted molar refractivity (Wildman–Crippen MR) is 84.2 cm³/mol. The third kappa shape index (κ3) is 3.57. The molecule has 0 unspecified atom stereocenters. The van der Waals surface area contributed by atoms with Gasteiger partial charge in [0.05, 0.1) is 17.4 Å². The number of aromatic nitrogens is 2. The molecule has 0 atom stereocenters. The van der Waals surface area contributed by atoms with E-state index in [2.05, 4.69) is 25.1 Å².